The molecule has 1 unspecified atom stereocenters. The second-order valence-corrected chi connectivity index (χ2v) is 8.12. The number of thiazole rings is 1. The van der Waals surface area contributed by atoms with Crippen LogP contribution >= 0.6 is 11.3 Å². The average molecular weight is 339 g/mol. The zero-order valence-corrected chi connectivity index (χ0v) is 13.3. The number of hydrogen-bond acceptors (Lipinski definition) is 6. The Morgan fingerprint density at radius 3 is 2.86 bits per heavy atom. The van der Waals surface area contributed by atoms with E-state index in [9.17, 15) is 18.0 Å². The van der Waals surface area contributed by atoms with E-state index >= 15 is 0 Å². The van der Waals surface area contributed by atoms with E-state index in [-0.39, 0.29) is 16.7 Å². The van der Waals surface area contributed by atoms with Crippen molar-refractivity contribution in [1.82, 2.24) is 10.3 Å². The fraction of sp³-hybridized carbons (Fsp3) is 0.308. The fourth-order valence-corrected chi connectivity index (χ4v) is 3.82. The maximum atomic E-state index is 12.0. The minimum Gasteiger partial charge on any atom is -0.344 e. The van der Waals surface area contributed by atoms with Crippen molar-refractivity contribution >= 4 is 48.3 Å². The standard InChI is InChI=1S/C13H13N3O4S2/c1-22(19,20)7-2-3-8-10(6-7)21-13(15-8)16-12(18)9-4-5-11(17)14-9/h2-3,6,9H,4-5H2,1H3,(H,14,17)(H,15,16,18). The molecule has 9 heteroatoms. The largest absolute Gasteiger partial charge is 0.344 e. The summed E-state index contributed by atoms with van der Waals surface area (Å²) in [7, 11) is -3.28. The summed E-state index contributed by atoms with van der Waals surface area (Å²) in [5.74, 6) is -0.449. The molecule has 0 spiro atoms. The number of rotatable bonds is 3. The summed E-state index contributed by atoms with van der Waals surface area (Å²) in [6, 6.07) is 4.09. The highest BCUT2D eigenvalue weighted by molar-refractivity contribution is 7.90. The van der Waals surface area contributed by atoms with Gasteiger partial charge in [0.2, 0.25) is 11.8 Å². The molecular weight excluding hydrogens is 326 g/mol. The number of nitrogens with one attached hydrogen (secondary N) is 2. The van der Waals surface area contributed by atoms with E-state index in [4.69, 9.17) is 0 Å². The Morgan fingerprint density at radius 2 is 2.23 bits per heavy atom. The SMILES string of the molecule is CS(=O)(=O)c1ccc2nc(NC(=O)C3CCC(=O)N3)sc2c1. The molecule has 1 atom stereocenters. The minimum atomic E-state index is -3.28. The van der Waals surface area contributed by atoms with Crippen molar-refractivity contribution in [2.24, 2.45) is 0 Å². The van der Waals surface area contributed by atoms with Gasteiger partial charge in [0.15, 0.2) is 15.0 Å². The van der Waals surface area contributed by atoms with Crippen molar-refractivity contribution in [2.75, 3.05) is 11.6 Å². The molecule has 2 N–H and O–H groups in total. The molecule has 0 saturated carbocycles. The van der Waals surface area contributed by atoms with Crippen LogP contribution in [0, 0.1) is 0 Å². The monoisotopic (exact) mass is 339 g/mol. The summed E-state index contributed by atoms with van der Waals surface area (Å²) in [5.41, 5.74) is 0.614. The van der Waals surface area contributed by atoms with Gasteiger partial charge in [0.1, 0.15) is 6.04 Å². The number of hydrogen-bond donors (Lipinski definition) is 2. The lowest BCUT2D eigenvalue weighted by Crippen LogP contribution is -2.37. The van der Waals surface area contributed by atoms with E-state index < -0.39 is 15.9 Å². The van der Waals surface area contributed by atoms with Gasteiger partial charge in [-0.3, -0.25) is 9.59 Å². The van der Waals surface area contributed by atoms with Crippen LogP contribution < -0.4 is 10.6 Å². The van der Waals surface area contributed by atoms with Crippen molar-refractivity contribution in [3.05, 3.63) is 18.2 Å². The number of carbonyl (C=O) groups is 2. The van der Waals surface area contributed by atoms with Crippen molar-refractivity contribution in [3.8, 4) is 0 Å². The number of benzene rings is 1. The molecular formula is C13H13N3O4S2. The number of anilines is 1. The maximum Gasteiger partial charge on any atom is 0.248 e. The minimum absolute atomic E-state index is 0.137. The van der Waals surface area contributed by atoms with E-state index in [1.165, 1.54) is 23.5 Å². The van der Waals surface area contributed by atoms with Crippen LogP contribution in [0.2, 0.25) is 0 Å². The van der Waals surface area contributed by atoms with Gasteiger partial charge in [-0.1, -0.05) is 11.3 Å². The van der Waals surface area contributed by atoms with Gasteiger partial charge in [0.25, 0.3) is 0 Å². The average Bonchev–Trinajstić information content (AvgIpc) is 3.02. The number of sulfone groups is 1. The van der Waals surface area contributed by atoms with Crippen molar-refractivity contribution in [3.63, 3.8) is 0 Å². The van der Waals surface area contributed by atoms with Gasteiger partial charge in [0.05, 0.1) is 15.1 Å². The van der Waals surface area contributed by atoms with Crippen LogP contribution in [0.3, 0.4) is 0 Å². The predicted octanol–water partition coefficient (Wildman–Crippen LogP) is 0.917. The Labute approximate surface area is 130 Å². The molecule has 0 aliphatic carbocycles. The summed E-state index contributed by atoms with van der Waals surface area (Å²) in [4.78, 5) is 27.6. The number of carbonyl (C=O) groups excluding carboxylic acids is 2. The molecule has 1 aliphatic rings. The molecule has 1 aromatic carbocycles. The maximum absolute atomic E-state index is 12.0. The van der Waals surface area contributed by atoms with E-state index in [2.05, 4.69) is 15.6 Å². The first kappa shape index (κ1) is 14.9. The molecule has 2 heterocycles. The predicted molar refractivity (Wildman–Crippen MR) is 82.5 cm³/mol. The van der Waals surface area contributed by atoms with Gasteiger partial charge >= 0.3 is 0 Å². The zero-order valence-electron chi connectivity index (χ0n) is 11.6. The Balaban J connectivity index is 1.83. The van der Waals surface area contributed by atoms with Crippen LogP contribution in [0.5, 0.6) is 0 Å². The van der Waals surface area contributed by atoms with Crippen LogP contribution in [0.15, 0.2) is 23.1 Å². The van der Waals surface area contributed by atoms with Crippen LogP contribution in [0.1, 0.15) is 12.8 Å². The van der Waals surface area contributed by atoms with Gasteiger partial charge in [-0.05, 0) is 24.6 Å². The Hall–Kier alpha value is -2.00. The molecule has 2 amide bonds. The Kier molecular flexibility index (Phi) is 3.61. The van der Waals surface area contributed by atoms with E-state index in [0.717, 1.165) is 6.26 Å². The topological polar surface area (TPSA) is 105 Å². The first-order valence-corrected chi connectivity index (χ1v) is 9.24. The molecule has 3 rings (SSSR count). The lowest BCUT2D eigenvalue weighted by Gasteiger charge is -2.08. The normalized spacial score (nSPS) is 18.4. The lowest BCUT2D eigenvalue weighted by molar-refractivity contribution is -0.122. The smallest absolute Gasteiger partial charge is 0.248 e. The third-order valence-corrected chi connectivity index (χ3v) is 5.37. The lowest BCUT2D eigenvalue weighted by atomic mass is 10.2. The van der Waals surface area contributed by atoms with E-state index in [0.29, 0.717) is 28.2 Å². The van der Waals surface area contributed by atoms with Gasteiger partial charge in [-0.15, -0.1) is 0 Å². The molecule has 22 heavy (non-hydrogen) atoms. The van der Waals surface area contributed by atoms with Crippen molar-refractivity contribution in [2.45, 2.75) is 23.8 Å². The number of aromatic nitrogens is 1. The van der Waals surface area contributed by atoms with Crippen LogP contribution in [-0.4, -0.2) is 37.5 Å². The first-order valence-electron chi connectivity index (χ1n) is 6.54. The molecule has 1 aliphatic heterocycles. The second-order valence-electron chi connectivity index (χ2n) is 5.07. The fourth-order valence-electron chi connectivity index (χ4n) is 2.19. The van der Waals surface area contributed by atoms with Gasteiger partial charge in [-0.25, -0.2) is 13.4 Å². The Bertz CT molecular complexity index is 873. The summed E-state index contributed by atoms with van der Waals surface area (Å²) >= 11 is 1.20. The highest BCUT2D eigenvalue weighted by Gasteiger charge is 2.27. The van der Waals surface area contributed by atoms with Gasteiger partial charge in [-0.2, -0.15) is 0 Å². The number of fused-ring (bicyclic) bond motifs is 1. The van der Waals surface area contributed by atoms with Crippen LogP contribution in [0.4, 0.5) is 5.13 Å². The third kappa shape index (κ3) is 2.95. The molecule has 1 fully saturated rings. The molecule has 2 aromatic rings. The molecule has 0 bridgehead atoms. The van der Waals surface area contributed by atoms with Gasteiger partial charge in [0, 0.05) is 12.7 Å². The summed E-state index contributed by atoms with van der Waals surface area (Å²) in [6.07, 6.45) is 1.95. The third-order valence-electron chi connectivity index (χ3n) is 3.33. The van der Waals surface area contributed by atoms with E-state index in [1.807, 2.05) is 0 Å². The highest BCUT2D eigenvalue weighted by Crippen LogP contribution is 2.28. The highest BCUT2D eigenvalue weighted by atomic mass is 32.2. The van der Waals surface area contributed by atoms with Crippen LogP contribution in [0.25, 0.3) is 10.2 Å². The second kappa shape index (κ2) is 5.33. The summed E-state index contributed by atoms with van der Waals surface area (Å²) in [6.45, 7) is 0. The van der Waals surface area contributed by atoms with Crippen LogP contribution in [-0.2, 0) is 19.4 Å². The number of nitrogens with zero attached hydrogens (tertiary/aromatic N) is 1. The molecule has 1 aromatic heterocycles. The zero-order chi connectivity index (χ0) is 15.9. The molecule has 116 valence electrons. The van der Waals surface area contributed by atoms with Gasteiger partial charge < -0.3 is 10.6 Å². The van der Waals surface area contributed by atoms with E-state index in [1.54, 1.807) is 6.07 Å². The first-order chi connectivity index (χ1) is 10.3. The molecule has 7 nitrogen and oxygen atoms in total. The summed E-state index contributed by atoms with van der Waals surface area (Å²) < 4.78 is 23.8. The van der Waals surface area contributed by atoms with Crippen molar-refractivity contribution < 1.29 is 18.0 Å². The summed E-state index contributed by atoms with van der Waals surface area (Å²) in [5, 5.41) is 5.62. The molecule has 1 saturated heterocycles. The molecule has 0 radical (unpaired) electrons. The number of amides is 2. The van der Waals surface area contributed by atoms with Crippen molar-refractivity contribution in [1.29, 1.82) is 0 Å². The Morgan fingerprint density at radius 1 is 1.45 bits per heavy atom. The quantitative estimate of drug-likeness (QED) is 0.865.